The van der Waals surface area contributed by atoms with Crippen LogP contribution in [0.1, 0.15) is 38.3 Å². The molecule has 3 fully saturated rings. The Morgan fingerprint density at radius 3 is 2.39 bits per heavy atom. The smallest absolute Gasteiger partial charge is 0.347 e. The summed E-state index contributed by atoms with van der Waals surface area (Å²) in [5.74, 6) is -4.52. The second-order valence-corrected chi connectivity index (χ2v) is 14.3. The summed E-state index contributed by atoms with van der Waals surface area (Å²) < 4.78 is 52.1. The molecule has 0 saturated carbocycles. The molecule has 0 aromatic heterocycles. The van der Waals surface area contributed by atoms with Crippen molar-refractivity contribution >= 4 is 41.4 Å². The Morgan fingerprint density at radius 1 is 1.00 bits per heavy atom. The number of amides is 4. The average molecular weight is 734 g/mol. The van der Waals surface area contributed by atoms with Crippen molar-refractivity contribution in [1.29, 1.82) is 0 Å². The average Bonchev–Trinajstić information content (AvgIpc) is 3.59. The number of carbonyl (C=O) groups is 5. The molecule has 0 bridgehead atoms. The van der Waals surface area contributed by atoms with Crippen LogP contribution in [0.25, 0.3) is 0 Å². The largest absolute Gasteiger partial charge is 0.478 e. The topological polar surface area (TPSA) is 143 Å². The van der Waals surface area contributed by atoms with Crippen LogP contribution in [0.2, 0.25) is 0 Å². The lowest BCUT2D eigenvalue weighted by Crippen LogP contribution is -2.68. The Morgan fingerprint density at radius 2 is 1.71 bits per heavy atom. The van der Waals surface area contributed by atoms with Gasteiger partial charge in [0.15, 0.2) is 23.1 Å². The number of esters is 1. The number of benzene rings is 2. The molecule has 2 aromatic rings. The summed E-state index contributed by atoms with van der Waals surface area (Å²) >= 11 is 1.27. The Balaban J connectivity index is 1.18. The van der Waals surface area contributed by atoms with Gasteiger partial charge in [-0.25, -0.2) is 18.0 Å². The van der Waals surface area contributed by atoms with Crippen LogP contribution in [-0.2, 0) is 41.7 Å². The molecule has 2 aromatic carbocycles. The molecule has 12 nitrogen and oxygen atoms in total. The summed E-state index contributed by atoms with van der Waals surface area (Å²) in [7, 11) is 0. The van der Waals surface area contributed by atoms with E-state index in [1.807, 2.05) is 13.8 Å². The molecule has 276 valence electrons. The summed E-state index contributed by atoms with van der Waals surface area (Å²) in [5.41, 5.74) is 6.67. The van der Waals surface area contributed by atoms with E-state index in [1.165, 1.54) is 31.4 Å². The molecule has 4 amide bonds. The highest BCUT2D eigenvalue weighted by molar-refractivity contribution is 8.00. The van der Waals surface area contributed by atoms with E-state index in [4.69, 9.17) is 15.2 Å². The third kappa shape index (κ3) is 8.78. The molecule has 2 N–H and O–H groups in total. The van der Waals surface area contributed by atoms with Crippen LogP contribution in [0.4, 0.5) is 13.2 Å². The van der Waals surface area contributed by atoms with Crippen molar-refractivity contribution in [2.75, 3.05) is 45.1 Å². The van der Waals surface area contributed by atoms with Crippen LogP contribution in [0.3, 0.4) is 0 Å². The second kappa shape index (κ2) is 16.4. The van der Waals surface area contributed by atoms with Gasteiger partial charge in [0.1, 0.15) is 24.2 Å². The van der Waals surface area contributed by atoms with E-state index in [1.54, 1.807) is 31.2 Å². The van der Waals surface area contributed by atoms with E-state index in [0.29, 0.717) is 23.6 Å². The van der Waals surface area contributed by atoms with Crippen LogP contribution >= 0.6 is 11.8 Å². The Hall–Kier alpha value is -4.31. The molecular weight excluding hydrogens is 691 g/mol. The molecule has 3 heterocycles. The third-order valence-electron chi connectivity index (χ3n) is 9.05. The maximum Gasteiger partial charge on any atom is 0.347 e. The van der Waals surface area contributed by atoms with Crippen LogP contribution in [0.15, 0.2) is 36.4 Å². The number of rotatable bonds is 12. The van der Waals surface area contributed by atoms with E-state index < -0.39 is 52.9 Å². The van der Waals surface area contributed by atoms with Gasteiger partial charge in [-0.05, 0) is 42.7 Å². The number of ether oxygens (including phenoxy) is 2. The lowest BCUT2D eigenvalue weighted by Gasteiger charge is -2.46. The summed E-state index contributed by atoms with van der Waals surface area (Å²) in [6.45, 7) is 6.27. The van der Waals surface area contributed by atoms with E-state index in [0.717, 1.165) is 5.56 Å². The minimum atomic E-state index is -1.32. The number of nitrogens with two attached hydrogens (primary N) is 1. The van der Waals surface area contributed by atoms with E-state index in [9.17, 15) is 37.1 Å². The maximum atomic E-state index is 14.1. The van der Waals surface area contributed by atoms with Crippen molar-refractivity contribution in [3.63, 3.8) is 0 Å². The van der Waals surface area contributed by atoms with Crippen molar-refractivity contribution in [2.24, 2.45) is 11.7 Å². The molecular formula is C35H42F3N5O7S. The molecule has 0 radical (unpaired) electrons. The standard InChI is InChI=1S/C35H42F3N5O7S/c1-4-49-35(48)31(20(2)3)50-24-7-5-21(6-8-24)17-41-19-30(45)42-10-9-40(18-28(42)32(41)46)33(47)34-43(11-12-51-34)29(44)15-23(39)13-22-14-26(37)27(38)16-25(22)36/h5-8,14,16,20,23,28,31,34H,4,9-13,15,17-19,39H2,1-3H3/t23-,28?,31?,34-/m1/s1. The van der Waals surface area contributed by atoms with Crippen molar-refractivity contribution < 1.29 is 46.6 Å². The quantitative estimate of drug-likeness (QED) is 0.257. The second-order valence-electron chi connectivity index (χ2n) is 13.1. The molecule has 16 heteroatoms. The monoisotopic (exact) mass is 733 g/mol. The summed E-state index contributed by atoms with van der Waals surface area (Å²) in [5, 5.41) is -0.874. The number of fused-ring (bicyclic) bond motifs is 1. The molecule has 5 rings (SSSR count). The van der Waals surface area contributed by atoms with Gasteiger partial charge < -0.3 is 34.8 Å². The fourth-order valence-electron chi connectivity index (χ4n) is 6.39. The van der Waals surface area contributed by atoms with Gasteiger partial charge in [0.25, 0.3) is 5.91 Å². The highest BCUT2D eigenvalue weighted by Gasteiger charge is 2.46. The highest BCUT2D eigenvalue weighted by atomic mass is 32.2. The maximum absolute atomic E-state index is 14.1. The van der Waals surface area contributed by atoms with E-state index in [2.05, 4.69) is 0 Å². The molecule has 2 unspecified atom stereocenters. The Labute approximate surface area is 298 Å². The molecule has 0 aliphatic carbocycles. The predicted molar refractivity (Wildman–Crippen MR) is 180 cm³/mol. The van der Waals surface area contributed by atoms with E-state index in [-0.39, 0.29) is 87.9 Å². The molecule has 51 heavy (non-hydrogen) atoms. The van der Waals surface area contributed by atoms with Crippen LogP contribution in [0, 0.1) is 23.4 Å². The van der Waals surface area contributed by atoms with Gasteiger partial charge in [0, 0.05) is 56.4 Å². The minimum Gasteiger partial charge on any atom is -0.478 e. The Kier molecular flexibility index (Phi) is 12.2. The molecule has 0 spiro atoms. The first-order chi connectivity index (χ1) is 24.3. The van der Waals surface area contributed by atoms with E-state index >= 15 is 0 Å². The molecule has 4 atom stereocenters. The minimum absolute atomic E-state index is 0.0366. The van der Waals surface area contributed by atoms with Gasteiger partial charge in [-0.1, -0.05) is 26.0 Å². The summed E-state index contributed by atoms with van der Waals surface area (Å²) in [6.07, 6.45) is -1.24. The zero-order valence-corrected chi connectivity index (χ0v) is 29.5. The van der Waals surface area contributed by atoms with Crippen molar-refractivity contribution in [3.8, 4) is 5.75 Å². The van der Waals surface area contributed by atoms with Gasteiger partial charge >= 0.3 is 5.97 Å². The normalized spacial score (nSPS) is 20.4. The van der Waals surface area contributed by atoms with Gasteiger partial charge in [0.05, 0.1) is 13.2 Å². The lowest BCUT2D eigenvalue weighted by atomic mass is 10.0. The van der Waals surface area contributed by atoms with Crippen LogP contribution in [0.5, 0.6) is 5.75 Å². The fraction of sp³-hybridized carbons (Fsp3) is 0.514. The number of nitrogens with zero attached hydrogens (tertiary/aromatic N) is 4. The van der Waals surface area contributed by atoms with Crippen LogP contribution < -0.4 is 10.5 Å². The zero-order valence-electron chi connectivity index (χ0n) is 28.7. The first kappa shape index (κ1) is 37.9. The Bertz CT molecular complexity index is 1650. The van der Waals surface area contributed by atoms with Crippen molar-refractivity contribution in [1.82, 2.24) is 19.6 Å². The van der Waals surface area contributed by atoms with Gasteiger partial charge in [-0.2, -0.15) is 0 Å². The fourth-order valence-corrected chi connectivity index (χ4v) is 7.61. The number of carbonyl (C=O) groups excluding carboxylic acids is 5. The van der Waals surface area contributed by atoms with Crippen molar-refractivity contribution in [2.45, 2.75) is 63.7 Å². The number of piperazine rings is 2. The van der Waals surface area contributed by atoms with Gasteiger partial charge in [-0.3, -0.25) is 19.2 Å². The molecule has 3 aliphatic rings. The number of hydrogen-bond acceptors (Lipinski definition) is 9. The van der Waals surface area contributed by atoms with Gasteiger partial charge in [-0.15, -0.1) is 11.8 Å². The number of thioether (sulfide) groups is 1. The number of hydrogen-bond donors (Lipinski definition) is 1. The molecule has 3 aliphatic heterocycles. The first-order valence-electron chi connectivity index (χ1n) is 16.9. The van der Waals surface area contributed by atoms with Gasteiger partial charge in [0.2, 0.25) is 17.7 Å². The third-order valence-corrected chi connectivity index (χ3v) is 10.2. The van der Waals surface area contributed by atoms with Crippen molar-refractivity contribution in [3.05, 3.63) is 65.0 Å². The summed E-state index contributed by atoms with van der Waals surface area (Å²) in [4.78, 5) is 71.9. The van der Waals surface area contributed by atoms with Crippen LogP contribution in [-0.4, -0.2) is 118 Å². The predicted octanol–water partition coefficient (Wildman–Crippen LogP) is 2.31. The lowest BCUT2D eigenvalue weighted by molar-refractivity contribution is -0.162. The number of halogens is 3. The highest BCUT2D eigenvalue weighted by Crippen LogP contribution is 2.29. The zero-order chi connectivity index (χ0) is 37.0. The molecule has 3 saturated heterocycles. The first-order valence-corrected chi connectivity index (χ1v) is 17.9. The SMILES string of the molecule is CCOC(=O)C(Oc1ccc(CN2CC(=O)N3CCN(C(=O)[C@H]4SCCN4C(=O)C[C@H](N)Cc4cc(F)c(F)cc4F)CC3C2=O)cc1)C(C)C. The summed E-state index contributed by atoms with van der Waals surface area (Å²) in [6, 6.07) is 6.22.